The summed E-state index contributed by atoms with van der Waals surface area (Å²) >= 11 is 5.95. The molecule has 1 aliphatic heterocycles. The number of hydrogen-bond acceptors (Lipinski definition) is 4. The lowest BCUT2D eigenvalue weighted by molar-refractivity contribution is -0.120. The fourth-order valence-corrected chi connectivity index (χ4v) is 3.83. The third kappa shape index (κ3) is 4.79. The zero-order chi connectivity index (χ0) is 20.9. The minimum absolute atomic E-state index is 0.0217. The lowest BCUT2D eigenvalue weighted by Gasteiger charge is -2.31. The highest BCUT2D eigenvalue weighted by atomic mass is 35.5. The van der Waals surface area contributed by atoms with Crippen molar-refractivity contribution in [1.29, 1.82) is 0 Å². The number of aromatic nitrogens is 2. The van der Waals surface area contributed by atoms with Gasteiger partial charge in [0.2, 0.25) is 5.91 Å². The Morgan fingerprint density at radius 1 is 1.00 bits per heavy atom. The fraction of sp³-hybridized carbons (Fsp3) is 0.292. The molecule has 6 heteroatoms. The van der Waals surface area contributed by atoms with Gasteiger partial charge < -0.3 is 10.2 Å². The molecule has 1 N–H and O–H groups in total. The first-order valence-electron chi connectivity index (χ1n) is 10.4. The second-order valence-electron chi connectivity index (χ2n) is 7.58. The number of benzene rings is 2. The molecule has 154 valence electrons. The number of anilines is 2. The molecular formula is C24H25ClN4O. The zero-order valence-electron chi connectivity index (χ0n) is 17.0. The van der Waals surface area contributed by atoms with Crippen molar-refractivity contribution in [2.24, 2.45) is 5.92 Å². The molecule has 0 bridgehead atoms. The van der Waals surface area contributed by atoms with E-state index in [1.54, 1.807) is 0 Å². The predicted molar refractivity (Wildman–Crippen MR) is 122 cm³/mol. The molecule has 0 aliphatic carbocycles. The molecule has 0 radical (unpaired) electrons. The Morgan fingerprint density at radius 3 is 2.30 bits per heavy atom. The van der Waals surface area contributed by atoms with Gasteiger partial charge >= 0.3 is 0 Å². The maximum Gasteiger partial charge on any atom is 0.227 e. The minimum atomic E-state index is 0.0217. The molecule has 30 heavy (non-hydrogen) atoms. The van der Waals surface area contributed by atoms with Gasteiger partial charge in [-0.1, -0.05) is 42.8 Å². The highest BCUT2D eigenvalue weighted by molar-refractivity contribution is 6.30. The van der Waals surface area contributed by atoms with Gasteiger partial charge in [-0.25, -0.2) is 0 Å². The number of halogens is 1. The van der Waals surface area contributed by atoms with Crippen LogP contribution in [0.3, 0.4) is 0 Å². The zero-order valence-corrected chi connectivity index (χ0v) is 17.8. The number of rotatable bonds is 5. The van der Waals surface area contributed by atoms with Crippen LogP contribution in [0.2, 0.25) is 5.02 Å². The number of hydrogen-bond donors (Lipinski definition) is 1. The number of piperidine rings is 1. The van der Waals surface area contributed by atoms with Crippen LogP contribution in [0.15, 0.2) is 60.7 Å². The molecule has 2 heterocycles. The van der Waals surface area contributed by atoms with Crippen molar-refractivity contribution in [3.63, 3.8) is 0 Å². The molecular weight excluding hydrogens is 396 g/mol. The lowest BCUT2D eigenvalue weighted by atomic mass is 9.95. The van der Waals surface area contributed by atoms with Gasteiger partial charge in [0.1, 0.15) is 0 Å². The fourth-order valence-electron chi connectivity index (χ4n) is 3.71. The van der Waals surface area contributed by atoms with Gasteiger partial charge in [-0.15, -0.1) is 10.2 Å². The molecule has 1 amide bonds. The Kier molecular flexibility index (Phi) is 6.29. The first kappa shape index (κ1) is 20.4. The van der Waals surface area contributed by atoms with E-state index in [1.165, 1.54) is 5.56 Å². The van der Waals surface area contributed by atoms with Crippen LogP contribution in [0, 0.1) is 5.92 Å². The van der Waals surface area contributed by atoms with E-state index in [9.17, 15) is 4.79 Å². The molecule has 0 saturated carbocycles. The summed E-state index contributed by atoms with van der Waals surface area (Å²) in [6.45, 7) is 3.71. The summed E-state index contributed by atoms with van der Waals surface area (Å²) in [4.78, 5) is 14.8. The summed E-state index contributed by atoms with van der Waals surface area (Å²) in [5.41, 5.74) is 3.94. The Bertz CT molecular complexity index is 979. The number of nitrogens with one attached hydrogen (secondary N) is 1. The van der Waals surface area contributed by atoms with Crippen molar-refractivity contribution >= 4 is 29.0 Å². The van der Waals surface area contributed by atoms with Crippen LogP contribution >= 0.6 is 11.6 Å². The van der Waals surface area contributed by atoms with E-state index in [4.69, 9.17) is 11.6 Å². The number of carbonyl (C=O) groups is 1. The third-order valence-electron chi connectivity index (χ3n) is 5.61. The summed E-state index contributed by atoms with van der Waals surface area (Å²) in [6.07, 6.45) is 2.61. The lowest BCUT2D eigenvalue weighted by Crippen LogP contribution is -2.38. The van der Waals surface area contributed by atoms with E-state index < -0.39 is 0 Å². The molecule has 1 saturated heterocycles. The SMILES string of the molecule is CCc1ccc(NC(=O)C2CCN(c3ccc(-c4ccc(Cl)cc4)nn3)CC2)cc1. The molecule has 4 rings (SSSR count). The van der Waals surface area contributed by atoms with Gasteiger partial charge in [0.05, 0.1) is 5.69 Å². The summed E-state index contributed by atoms with van der Waals surface area (Å²) in [7, 11) is 0. The van der Waals surface area contributed by atoms with Crippen LogP contribution in [-0.4, -0.2) is 29.2 Å². The number of carbonyl (C=O) groups excluding carboxylic acids is 1. The molecule has 1 aromatic heterocycles. The van der Waals surface area contributed by atoms with Crippen molar-refractivity contribution in [1.82, 2.24) is 10.2 Å². The smallest absolute Gasteiger partial charge is 0.227 e. The van der Waals surface area contributed by atoms with Gasteiger partial charge in [0.25, 0.3) is 0 Å². The van der Waals surface area contributed by atoms with Gasteiger partial charge in [-0.2, -0.15) is 0 Å². The van der Waals surface area contributed by atoms with Crippen molar-refractivity contribution in [2.75, 3.05) is 23.3 Å². The molecule has 1 aliphatic rings. The van der Waals surface area contributed by atoms with Crippen LogP contribution in [0.1, 0.15) is 25.3 Å². The van der Waals surface area contributed by atoms with Crippen LogP contribution < -0.4 is 10.2 Å². The van der Waals surface area contributed by atoms with E-state index in [-0.39, 0.29) is 11.8 Å². The maximum absolute atomic E-state index is 12.6. The van der Waals surface area contributed by atoms with Crippen LogP contribution in [0.4, 0.5) is 11.5 Å². The van der Waals surface area contributed by atoms with E-state index in [0.29, 0.717) is 5.02 Å². The van der Waals surface area contributed by atoms with Crippen molar-refractivity contribution in [3.8, 4) is 11.3 Å². The maximum atomic E-state index is 12.6. The second-order valence-corrected chi connectivity index (χ2v) is 8.02. The monoisotopic (exact) mass is 420 g/mol. The predicted octanol–water partition coefficient (Wildman–Crippen LogP) is 5.21. The minimum Gasteiger partial charge on any atom is -0.355 e. The van der Waals surface area contributed by atoms with Crippen molar-refractivity contribution in [3.05, 3.63) is 71.2 Å². The third-order valence-corrected chi connectivity index (χ3v) is 5.86. The van der Waals surface area contributed by atoms with Crippen LogP contribution in [-0.2, 0) is 11.2 Å². The number of aryl methyl sites for hydroxylation is 1. The Labute approximate surface area is 182 Å². The molecule has 0 spiro atoms. The quantitative estimate of drug-likeness (QED) is 0.615. The van der Waals surface area contributed by atoms with Crippen LogP contribution in [0.5, 0.6) is 0 Å². The Balaban J connectivity index is 1.32. The molecule has 3 aromatic rings. The van der Waals surface area contributed by atoms with E-state index in [2.05, 4.69) is 39.5 Å². The normalized spacial score (nSPS) is 14.5. The van der Waals surface area contributed by atoms with E-state index in [1.807, 2.05) is 48.5 Å². The average Bonchev–Trinajstić information content (AvgIpc) is 2.80. The van der Waals surface area contributed by atoms with Gasteiger partial charge in [0.15, 0.2) is 5.82 Å². The van der Waals surface area contributed by atoms with Crippen LogP contribution in [0.25, 0.3) is 11.3 Å². The van der Waals surface area contributed by atoms with E-state index in [0.717, 1.165) is 55.1 Å². The van der Waals surface area contributed by atoms with Gasteiger partial charge in [-0.3, -0.25) is 4.79 Å². The highest BCUT2D eigenvalue weighted by Crippen LogP contribution is 2.25. The highest BCUT2D eigenvalue weighted by Gasteiger charge is 2.26. The molecule has 0 atom stereocenters. The molecule has 5 nitrogen and oxygen atoms in total. The Hall–Kier alpha value is -2.92. The van der Waals surface area contributed by atoms with Gasteiger partial charge in [0, 0.05) is 35.3 Å². The van der Waals surface area contributed by atoms with Crippen molar-refractivity contribution in [2.45, 2.75) is 26.2 Å². The van der Waals surface area contributed by atoms with E-state index >= 15 is 0 Å². The topological polar surface area (TPSA) is 58.1 Å². The van der Waals surface area contributed by atoms with Crippen molar-refractivity contribution < 1.29 is 4.79 Å². The van der Waals surface area contributed by atoms with Gasteiger partial charge in [-0.05, 0) is 61.2 Å². The molecule has 2 aromatic carbocycles. The summed E-state index contributed by atoms with van der Waals surface area (Å²) in [5, 5.41) is 12.5. The number of amides is 1. The first-order chi connectivity index (χ1) is 14.6. The second kappa shape index (κ2) is 9.26. The first-order valence-corrected chi connectivity index (χ1v) is 10.7. The molecule has 0 unspecified atom stereocenters. The average molecular weight is 421 g/mol. The molecule has 1 fully saturated rings. The standard InChI is InChI=1S/C24H25ClN4O/c1-2-17-3-9-21(10-4-17)26-24(30)19-13-15-29(16-14-19)23-12-11-22(27-28-23)18-5-7-20(25)8-6-18/h3-12,19H,2,13-16H2,1H3,(H,26,30). The number of nitrogens with zero attached hydrogens (tertiary/aromatic N) is 3. The summed E-state index contributed by atoms with van der Waals surface area (Å²) in [5.74, 6) is 0.971. The summed E-state index contributed by atoms with van der Waals surface area (Å²) < 4.78 is 0. The Morgan fingerprint density at radius 2 is 1.70 bits per heavy atom. The largest absolute Gasteiger partial charge is 0.355 e. The summed E-state index contributed by atoms with van der Waals surface area (Å²) in [6, 6.07) is 19.6.